The van der Waals surface area contributed by atoms with E-state index >= 15 is 0 Å². The maximum absolute atomic E-state index is 12.4. The molecule has 1 aliphatic carbocycles. The van der Waals surface area contributed by atoms with Crippen LogP contribution in [0.2, 0.25) is 0 Å². The highest BCUT2D eigenvalue weighted by Crippen LogP contribution is 2.39. The second-order valence-electron chi connectivity index (χ2n) is 5.18. The van der Waals surface area contributed by atoms with Crippen LogP contribution in [0, 0.1) is 22.0 Å². The summed E-state index contributed by atoms with van der Waals surface area (Å²) in [6.07, 6.45) is 3.91. The van der Waals surface area contributed by atoms with Crippen molar-refractivity contribution in [2.45, 2.75) is 19.8 Å². The third kappa shape index (κ3) is 2.01. The third-order valence-electron chi connectivity index (χ3n) is 3.88. The van der Waals surface area contributed by atoms with Gasteiger partial charge in [0.15, 0.2) is 5.78 Å². The summed E-state index contributed by atoms with van der Waals surface area (Å²) in [5.41, 5.74) is 1.31. The number of carbonyl (C=O) groups excluding carboxylic acids is 1. The average molecular weight is 258 g/mol. The third-order valence-corrected chi connectivity index (χ3v) is 3.88. The van der Waals surface area contributed by atoms with Crippen LogP contribution >= 0.6 is 0 Å². The first-order valence-electron chi connectivity index (χ1n) is 6.37. The SMILES string of the molecule is CC(C(=O)c1c[nH]c2cc([N+](=O)[O-])ccc12)C1CC1. The second kappa shape index (κ2) is 4.19. The molecule has 0 aliphatic heterocycles. The Morgan fingerprint density at radius 2 is 2.21 bits per heavy atom. The molecule has 2 aromatic rings. The molecule has 98 valence electrons. The van der Waals surface area contributed by atoms with Crippen LogP contribution in [-0.4, -0.2) is 15.7 Å². The molecule has 0 saturated heterocycles. The van der Waals surface area contributed by atoms with Crippen molar-refractivity contribution in [3.05, 3.63) is 40.1 Å². The molecule has 1 aliphatic rings. The molecule has 0 bridgehead atoms. The Balaban J connectivity index is 2.00. The number of ketones is 1. The first kappa shape index (κ1) is 11.9. The van der Waals surface area contributed by atoms with Gasteiger partial charge in [-0.05, 0) is 24.8 Å². The first-order valence-corrected chi connectivity index (χ1v) is 6.37. The Bertz CT molecular complexity index is 670. The van der Waals surface area contributed by atoms with E-state index < -0.39 is 4.92 Å². The number of aromatic amines is 1. The molecule has 1 unspecified atom stereocenters. The zero-order chi connectivity index (χ0) is 13.6. The number of Topliss-reactive ketones (excluding diaryl/α,β-unsaturated/α-hetero) is 1. The fraction of sp³-hybridized carbons (Fsp3) is 0.357. The van der Waals surface area contributed by atoms with Crippen LogP contribution in [0.5, 0.6) is 0 Å². The quantitative estimate of drug-likeness (QED) is 0.519. The van der Waals surface area contributed by atoms with Crippen LogP contribution in [0.25, 0.3) is 10.9 Å². The second-order valence-corrected chi connectivity index (χ2v) is 5.18. The van der Waals surface area contributed by atoms with Gasteiger partial charge in [-0.25, -0.2) is 0 Å². The van der Waals surface area contributed by atoms with Crippen molar-refractivity contribution >= 4 is 22.4 Å². The van der Waals surface area contributed by atoms with Gasteiger partial charge in [0.2, 0.25) is 0 Å². The van der Waals surface area contributed by atoms with Gasteiger partial charge in [0, 0.05) is 35.2 Å². The minimum absolute atomic E-state index is 0.0311. The van der Waals surface area contributed by atoms with Gasteiger partial charge in [0.05, 0.1) is 10.4 Å². The lowest BCUT2D eigenvalue weighted by Crippen LogP contribution is -2.12. The molecule has 1 aromatic carbocycles. The fourth-order valence-electron chi connectivity index (χ4n) is 2.49. The molecule has 0 radical (unpaired) electrons. The van der Waals surface area contributed by atoms with Gasteiger partial charge in [-0.15, -0.1) is 0 Å². The standard InChI is InChI=1S/C14H14N2O3/c1-8(9-2-3-9)14(17)12-7-15-13-6-10(16(18)19)4-5-11(12)13/h4-9,15H,2-3H2,1H3. The number of nitrogens with zero attached hydrogens (tertiary/aromatic N) is 1. The van der Waals surface area contributed by atoms with Crippen molar-refractivity contribution in [2.24, 2.45) is 11.8 Å². The van der Waals surface area contributed by atoms with E-state index in [1.807, 2.05) is 6.92 Å². The number of nitrogens with one attached hydrogen (secondary N) is 1. The van der Waals surface area contributed by atoms with Crippen molar-refractivity contribution in [1.29, 1.82) is 0 Å². The minimum atomic E-state index is -0.436. The lowest BCUT2D eigenvalue weighted by atomic mass is 9.95. The van der Waals surface area contributed by atoms with Gasteiger partial charge < -0.3 is 4.98 Å². The topological polar surface area (TPSA) is 76.0 Å². The molecule has 1 aromatic heterocycles. The Morgan fingerprint density at radius 1 is 1.47 bits per heavy atom. The van der Waals surface area contributed by atoms with Crippen molar-refractivity contribution < 1.29 is 9.72 Å². The summed E-state index contributed by atoms with van der Waals surface area (Å²) in [6.45, 7) is 1.96. The molecule has 19 heavy (non-hydrogen) atoms. The zero-order valence-corrected chi connectivity index (χ0v) is 10.6. The average Bonchev–Trinajstić information content (AvgIpc) is 3.16. The number of benzene rings is 1. The van der Waals surface area contributed by atoms with Crippen LogP contribution in [-0.2, 0) is 0 Å². The Morgan fingerprint density at radius 3 is 2.84 bits per heavy atom. The van der Waals surface area contributed by atoms with E-state index in [1.54, 1.807) is 12.3 Å². The number of aromatic nitrogens is 1. The Labute approximate surface area is 109 Å². The highest BCUT2D eigenvalue weighted by Gasteiger charge is 2.33. The molecular formula is C14H14N2O3. The molecule has 0 spiro atoms. The lowest BCUT2D eigenvalue weighted by molar-refractivity contribution is -0.384. The highest BCUT2D eigenvalue weighted by molar-refractivity contribution is 6.09. The molecule has 1 atom stereocenters. The molecule has 1 saturated carbocycles. The molecule has 1 heterocycles. The number of H-pyrrole nitrogens is 1. The maximum atomic E-state index is 12.4. The summed E-state index contributed by atoms with van der Waals surface area (Å²) in [7, 11) is 0. The number of fused-ring (bicyclic) bond motifs is 1. The van der Waals surface area contributed by atoms with E-state index in [2.05, 4.69) is 4.98 Å². The number of rotatable bonds is 4. The summed E-state index contributed by atoms with van der Waals surface area (Å²) >= 11 is 0. The number of nitro groups is 1. The lowest BCUT2D eigenvalue weighted by Gasteiger charge is -2.07. The van der Waals surface area contributed by atoms with Crippen molar-refractivity contribution in [3.63, 3.8) is 0 Å². The van der Waals surface area contributed by atoms with Crippen molar-refractivity contribution in [1.82, 2.24) is 4.98 Å². The molecule has 5 heteroatoms. The molecule has 3 rings (SSSR count). The molecule has 1 fully saturated rings. The van der Waals surface area contributed by atoms with E-state index in [-0.39, 0.29) is 17.4 Å². The molecular weight excluding hydrogens is 244 g/mol. The number of non-ortho nitro benzene ring substituents is 1. The first-order chi connectivity index (χ1) is 9.08. The predicted molar refractivity (Wildman–Crippen MR) is 71.2 cm³/mol. The smallest absolute Gasteiger partial charge is 0.271 e. The van der Waals surface area contributed by atoms with E-state index in [9.17, 15) is 14.9 Å². The van der Waals surface area contributed by atoms with Gasteiger partial charge in [-0.2, -0.15) is 0 Å². The molecule has 0 amide bonds. The van der Waals surface area contributed by atoms with Gasteiger partial charge in [-0.3, -0.25) is 14.9 Å². The van der Waals surface area contributed by atoms with Crippen LogP contribution in [0.4, 0.5) is 5.69 Å². The fourth-order valence-corrected chi connectivity index (χ4v) is 2.49. The van der Waals surface area contributed by atoms with Crippen LogP contribution in [0.3, 0.4) is 0 Å². The predicted octanol–water partition coefficient (Wildman–Crippen LogP) is 3.30. The number of hydrogen-bond donors (Lipinski definition) is 1. The van der Waals surface area contributed by atoms with E-state index in [0.717, 1.165) is 18.2 Å². The Hall–Kier alpha value is -2.17. The highest BCUT2D eigenvalue weighted by atomic mass is 16.6. The largest absolute Gasteiger partial charge is 0.360 e. The summed E-state index contributed by atoms with van der Waals surface area (Å²) < 4.78 is 0. The van der Waals surface area contributed by atoms with E-state index in [4.69, 9.17) is 0 Å². The zero-order valence-electron chi connectivity index (χ0n) is 10.6. The molecule has 5 nitrogen and oxygen atoms in total. The number of hydrogen-bond acceptors (Lipinski definition) is 3. The normalized spacial score (nSPS) is 16.5. The van der Waals surface area contributed by atoms with Crippen LogP contribution in [0.15, 0.2) is 24.4 Å². The van der Waals surface area contributed by atoms with Gasteiger partial charge >= 0.3 is 0 Å². The van der Waals surface area contributed by atoms with Gasteiger partial charge in [0.1, 0.15) is 0 Å². The van der Waals surface area contributed by atoms with Gasteiger partial charge in [-0.1, -0.05) is 6.92 Å². The van der Waals surface area contributed by atoms with Crippen LogP contribution < -0.4 is 0 Å². The summed E-state index contributed by atoms with van der Waals surface area (Å²) in [4.78, 5) is 25.6. The molecule has 1 N–H and O–H groups in total. The maximum Gasteiger partial charge on any atom is 0.271 e. The Kier molecular flexibility index (Phi) is 2.62. The van der Waals surface area contributed by atoms with Crippen molar-refractivity contribution in [3.8, 4) is 0 Å². The van der Waals surface area contributed by atoms with Gasteiger partial charge in [0.25, 0.3) is 5.69 Å². The summed E-state index contributed by atoms with van der Waals surface area (Å²) in [5, 5.41) is 11.5. The summed E-state index contributed by atoms with van der Waals surface area (Å²) in [5.74, 6) is 0.673. The summed E-state index contributed by atoms with van der Waals surface area (Å²) in [6, 6.07) is 4.56. The van der Waals surface area contributed by atoms with Crippen LogP contribution in [0.1, 0.15) is 30.1 Å². The monoisotopic (exact) mass is 258 g/mol. The van der Waals surface area contributed by atoms with Crippen molar-refractivity contribution in [2.75, 3.05) is 0 Å². The van der Waals surface area contributed by atoms with E-state index in [1.165, 1.54) is 12.1 Å². The van der Waals surface area contributed by atoms with E-state index in [0.29, 0.717) is 17.0 Å². The number of nitro benzene ring substituents is 1. The minimum Gasteiger partial charge on any atom is -0.360 e. The number of carbonyl (C=O) groups is 1.